The van der Waals surface area contributed by atoms with E-state index < -0.39 is 0 Å². The Balaban J connectivity index is 1.61. The van der Waals surface area contributed by atoms with Gasteiger partial charge in [-0.1, -0.05) is 18.2 Å². The third kappa shape index (κ3) is 2.83. The predicted octanol–water partition coefficient (Wildman–Crippen LogP) is 2.96. The summed E-state index contributed by atoms with van der Waals surface area (Å²) in [6.07, 6.45) is 3.76. The molecule has 2 heterocycles. The van der Waals surface area contributed by atoms with Crippen molar-refractivity contribution < 1.29 is 0 Å². The van der Waals surface area contributed by atoms with Gasteiger partial charge in [-0.15, -0.1) is 0 Å². The number of aromatic nitrogens is 1. The van der Waals surface area contributed by atoms with E-state index in [-0.39, 0.29) is 0 Å². The largest absolute Gasteiger partial charge is 0.369 e. The van der Waals surface area contributed by atoms with Crippen LogP contribution in [0.5, 0.6) is 0 Å². The normalized spacial score (nSPS) is 17.9. The molecule has 1 saturated heterocycles. The summed E-state index contributed by atoms with van der Waals surface area (Å²) in [7, 11) is 0. The number of hydrogen-bond donors (Lipinski definition) is 0. The van der Waals surface area contributed by atoms with E-state index >= 15 is 0 Å². The summed E-state index contributed by atoms with van der Waals surface area (Å²) in [5.74, 6) is 0. The number of anilines is 1. The number of benzene rings is 1. The molecular weight excluding hydrogens is 246 g/mol. The lowest BCUT2D eigenvalue weighted by Crippen LogP contribution is -2.47. The van der Waals surface area contributed by atoms with Gasteiger partial charge in [0.25, 0.3) is 0 Å². The van der Waals surface area contributed by atoms with E-state index in [9.17, 15) is 0 Å². The van der Waals surface area contributed by atoms with Gasteiger partial charge >= 0.3 is 0 Å². The minimum Gasteiger partial charge on any atom is -0.369 e. The molecule has 2 aromatic rings. The molecule has 3 nitrogen and oxygen atoms in total. The quantitative estimate of drug-likeness (QED) is 0.852. The lowest BCUT2D eigenvalue weighted by molar-refractivity contribution is 0.198. The number of pyridine rings is 1. The summed E-state index contributed by atoms with van der Waals surface area (Å²) >= 11 is 0. The maximum Gasteiger partial charge on any atom is 0.0367 e. The predicted molar refractivity (Wildman–Crippen MR) is 82.9 cm³/mol. The third-order valence-corrected chi connectivity index (χ3v) is 4.17. The minimum atomic E-state index is 0.468. The van der Waals surface area contributed by atoms with Crippen LogP contribution in [0.4, 0.5) is 5.69 Å². The Bertz CT molecular complexity index is 518. The van der Waals surface area contributed by atoms with Crippen molar-refractivity contribution in [2.45, 2.75) is 13.0 Å². The van der Waals surface area contributed by atoms with Gasteiger partial charge in [-0.3, -0.25) is 9.88 Å². The van der Waals surface area contributed by atoms with Crippen molar-refractivity contribution in [1.82, 2.24) is 9.88 Å². The zero-order chi connectivity index (χ0) is 13.8. The summed E-state index contributed by atoms with van der Waals surface area (Å²) in [5.41, 5.74) is 2.69. The molecule has 0 spiro atoms. The molecule has 3 rings (SSSR count). The van der Waals surface area contributed by atoms with Gasteiger partial charge < -0.3 is 4.90 Å². The molecule has 1 fully saturated rings. The van der Waals surface area contributed by atoms with Gasteiger partial charge in [-0.05, 0) is 36.8 Å². The van der Waals surface area contributed by atoms with Crippen LogP contribution in [0, 0.1) is 0 Å². The van der Waals surface area contributed by atoms with Gasteiger partial charge in [0.05, 0.1) is 0 Å². The van der Waals surface area contributed by atoms with Crippen molar-refractivity contribution in [3.63, 3.8) is 0 Å². The molecule has 0 bridgehead atoms. The fourth-order valence-corrected chi connectivity index (χ4v) is 2.86. The molecule has 1 aromatic heterocycles. The topological polar surface area (TPSA) is 19.4 Å². The summed E-state index contributed by atoms with van der Waals surface area (Å²) < 4.78 is 0. The monoisotopic (exact) mass is 267 g/mol. The molecular formula is C17H21N3. The van der Waals surface area contributed by atoms with Crippen molar-refractivity contribution in [2.24, 2.45) is 0 Å². The van der Waals surface area contributed by atoms with Crippen molar-refractivity contribution in [3.05, 3.63) is 60.4 Å². The van der Waals surface area contributed by atoms with Crippen LogP contribution in [0.2, 0.25) is 0 Å². The molecule has 0 aliphatic carbocycles. The van der Waals surface area contributed by atoms with Gasteiger partial charge in [-0.2, -0.15) is 0 Å². The third-order valence-electron chi connectivity index (χ3n) is 4.17. The van der Waals surface area contributed by atoms with E-state index in [0.29, 0.717) is 6.04 Å². The number of para-hydroxylation sites is 1. The highest BCUT2D eigenvalue weighted by Crippen LogP contribution is 2.23. The lowest BCUT2D eigenvalue weighted by atomic mass is 10.1. The highest BCUT2D eigenvalue weighted by molar-refractivity contribution is 5.46. The highest BCUT2D eigenvalue weighted by atomic mass is 15.3. The molecule has 0 N–H and O–H groups in total. The Kier molecular flexibility index (Phi) is 3.97. The van der Waals surface area contributed by atoms with Crippen molar-refractivity contribution in [3.8, 4) is 0 Å². The van der Waals surface area contributed by atoms with E-state index in [1.54, 1.807) is 0 Å². The van der Waals surface area contributed by atoms with Crippen LogP contribution in [0.15, 0.2) is 54.9 Å². The zero-order valence-corrected chi connectivity index (χ0v) is 11.9. The molecule has 1 aliphatic heterocycles. The fraction of sp³-hybridized carbons (Fsp3) is 0.353. The second-order valence-electron chi connectivity index (χ2n) is 5.32. The highest BCUT2D eigenvalue weighted by Gasteiger charge is 2.21. The minimum absolute atomic E-state index is 0.468. The molecule has 0 radical (unpaired) electrons. The molecule has 0 amide bonds. The number of rotatable bonds is 3. The first-order valence-electron chi connectivity index (χ1n) is 7.28. The lowest BCUT2D eigenvalue weighted by Gasteiger charge is -2.39. The second-order valence-corrected chi connectivity index (χ2v) is 5.32. The summed E-state index contributed by atoms with van der Waals surface area (Å²) in [6, 6.07) is 15.4. The zero-order valence-electron chi connectivity index (χ0n) is 11.9. The Labute approximate surface area is 120 Å². The van der Waals surface area contributed by atoms with Crippen molar-refractivity contribution >= 4 is 5.69 Å². The van der Waals surface area contributed by atoms with E-state index in [1.165, 1.54) is 11.3 Å². The molecule has 1 atom stereocenters. The summed E-state index contributed by atoms with van der Waals surface area (Å²) in [5, 5.41) is 0. The Hall–Kier alpha value is -1.87. The maximum absolute atomic E-state index is 4.10. The van der Waals surface area contributed by atoms with E-state index in [1.807, 2.05) is 12.4 Å². The van der Waals surface area contributed by atoms with Crippen LogP contribution in [-0.2, 0) is 0 Å². The first-order chi connectivity index (χ1) is 9.84. The van der Waals surface area contributed by atoms with Gasteiger partial charge in [0.2, 0.25) is 0 Å². The summed E-state index contributed by atoms with van der Waals surface area (Å²) in [6.45, 7) is 6.70. The van der Waals surface area contributed by atoms with Crippen LogP contribution < -0.4 is 4.90 Å². The number of nitrogens with zero attached hydrogens (tertiary/aromatic N) is 3. The SMILES string of the molecule is CC(c1ccncc1)N1CCN(c2ccccc2)CC1. The van der Waals surface area contributed by atoms with Crippen LogP contribution >= 0.6 is 0 Å². The van der Waals surface area contributed by atoms with Crippen LogP contribution in [0.1, 0.15) is 18.5 Å². The van der Waals surface area contributed by atoms with E-state index in [4.69, 9.17) is 0 Å². The van der Waals surface area contributed by atoms with Gasteiger partial charge in [0.1, 0.15) is 0 Å². The van der Waals surface area contributed by atoms with Crippen LogP contribution in [-0.4, -0.2) is 36.1 Å². The average Bonchev–Trinajstić information content (AvgIpc) is 2.56. The first kappa shape index (κ1) is 13.1. The van der Waals surface area contributed by atoms with Gasteiger partial charge in [-0.25, -0.2) is 0 Å². The molecule has 104 valence electrons. The number of piperazine rings is 1. The first-order valence-corrected chi connectivity index (χ1v) is 7.28. The smallest absolute Gasteiger partial charge is 0.0367 e. The fourth-order valence-electron chi connectivity index (χ4n) is 2.86. The standard InChI is InChI=1S/C17H21N3/c1-15(16-7-9-18-10-8-16)19-11-13-20(14-12-19)17-5-3-2-4-6-17/h2-10,15H,11-14H2,1H3. The Morgan fingerprint density at radius 3 is 2.20 bits per heavy atom. The summed E-state index contributed by atoms with van der Waals surface area (Å²) in [4.78, 5) is 9.12. The molecule has 20 heavy (non-hydrogen) atoms. The van der Waals surface area contributed by atoms with E-state index in [2.05, 4.69) is 64.2 Å². The van der Waals surface area contributed by atoms with Crippen molar-refractivity contribution in [2.75, 3.05) is 31.1 Å². The Morgan fingerprint density at radius 2 is 1.55 bits per heavy atom. The maximum atomic E-state index is 4.10. The van der Waals surface area contributed by atoms with Crippen LogP contribution in [0.3, 0.4) is 0 Å². The Morgan fingerprint density at radius 1 is 0.900 bits per heavy atom. The van der Waals surface area contributed by atoms with Gasteiger partial charge in [0.15, 0.2) is 0 Å². The average molecular weight is 267 g/mol. The molecule has 0 saturated carbocycles. The molecule has 3 heteroatoms. The van der Waals surface area contributed by atoms with Crippen LogP contribution in [0.25, 0.3) is 0 Å². The second kappa shape index (κ2) is 6.06. The van der Waals surface area contributed by atoms with Gasteiger partial charge in [0, 0.05) is 50.3 Å². The molecule has 1 unspecified atom stereocenters. The van der Waals surface area contributed by atoms with E-state index in [0.717, 1.165) is 26.2 Å². The molecule has 1 aliphatic rings. The molecule has 1 aromatic carbocycles. The van der Waals surface area contributed by atoms with Crippen molar-refractivity contribution in [1.29, 1.82) is 0 Å². The number of hydrogen-bond acceptors (Lipinski definition) is 3.